The number of benzene rings is 2. The Bertz CT molecular complexity index is 1060. The molecule has 11 heteroatoms. The minimum absolute atomic E-state index is 0.0320. The van der Waals surface area contributed by atoms with Crippen LogP contribution in [0.15, 0.2) is 52.4 Å². The van der Waals surface area contributed by atoms with Gasteiger partial charge in [0.25, 0.3) is 10.0 Å². The van der Waals surface area contributed by atoms with Crippen LogP contribution in [0.2, 0.25) is 5.02 Å². The summed E-state index contributed by atoms with van der Waals surface area (Å²) in [6.45, 7) is 0. The summed E-state index contributed by atoms with van der Waals surface area (Å²) < 4.78 is 48.7. The van der Waals surface area contributed by atoms with Gasteiger partial charge in [-0.15, -0.1) is 0 Å². The minimum atomic E-state index is -4.08. The molecule has 0 saturated heterocycles. The number of sulfonamides is 1. The van der Waals surface area contributed by atoms with Gasteiger partial charge in [0, 0.05) is 11.1 Å². The lowest BCUT2D eigenvalue weighted by atomic mass is 10.3. The Hall–Kier alpha value is -2.17. The highest BCUT2D eigenvalue weighted by molar-refractivity contribution is 9.10. The van der Waals surface area contributed by atoms with Crippen molar-refractivity contribution in [1.82, 2.24) is 14.8 Å². The first kappa shape index (κ1) is 18.6. The zero-order valence-corrected chi connectivity index (χ0v) is 16.3. The average Bonchev–Trinajstić information content (AvgIpc) is 3.08. The van der Waals surface area contributed by atoms with E-state index in [1.54, 1.807) is 0 Å². The normalized spacial score (nSPS) is 11.4. The third-order valence-corrected chi connectivity index (χ3v) is 5.53. The topological polar surface area (TPSA) is 86.1 Å². The van der Waals surface area contributed by atoms with Gasteiger partial charge < -0.3 is 4.74 Å². The fraction of sp³-hybridized carbons (Fsp3) is 0.0667. The number of ether oxygens (including phenoxy) is 1. The molecule has 26 heavy (non-hydrogen) atoms. The van der Waals surface area contributed by atoms with Crippen LogP contribution >= 0.6 is 27.5 Å². The number of halogens is 3. The molecule has 0 fully saturated rings. The maximum Gasteiger partial charge on any atom is 0.265 e. The molecule has 1 N–H and O–H groups in total. The number of nitrogens with zero attached hydrogens (tertiary/aromatic N) is 3. The molecule has 7 nitrogen and oxygen atoms in total. The van der Waals surface area contributed by atoms with E-state index in [1.807, 2.05) is 0 Å². The molecule has 0 spiro atoms. The Labute approximate surface area is 161 Å². The van der Waals surface area contributed by atoms with Crippen LogP contribution < -0.4 is 9.46 Å². The molecule has 0 saturated carbocycles. The van der Waals surface area contributed by atoms with Crippen molar-refractivity contribution >= 4 is 43.2 Å². The molecule has 136 valence electrons. The number of nitrogens with one attached hydrogen (secondary N) is 1. The van der Waals surface area contributed by atoms with Gasteiger partial charge >= 0.3 is 0 Å². The summed E-state index contributed by atoms with van der Waals surface area (Å²) in [6.07, 6.45) is 2.59. The van der Waals surface area contributed by atoms with Crippen LogP contribution in [0.4, 0.5) is 10.1 Å². The maximum atomic E-state index is 14.3. The summed E-state index contributed by atoms with van der Waals surface area (Å²) in [4.78, 5) is 3.56. The van der Waals surface area contributed by atoms with E-state index in [-0.39, 0.29) is 27.0 Å². The molecule has 0 unspecified atom stereocenters. The van der Waals surface area contributed by atoms with E-state index in [9.17, 15) is 12.8 Å². The molecule has 1 heterocycles. The maximum absolute atomic E-state index is 14.3. The first-order valence-electron chi connectivity index (χ1n) is 7.02. The molecule has 0 atom stereocenters. The van der Waals surface area contributed by atoms with E-state index in [0.29, 0.717) is 4.47 Å². The number of rotatable bonds is 5. The van der Waals surface area contributed by atoms with E-state index in [0.717, 1.165) is 6.07 Å². The fourth-order valence-corrected chi connectivity index (χ4v) is 4.67. The zero-order valence-electron chi connectivity index (χ0n) is 13.1. The predicted octanol–water partition coefficient (Wildman–Crippen LogP) is 3.63. The second-order valence-electron chi connectivity index (χ2n) is 5.03. The monoisotopic (exact) mass is 460 g/mol. The number of aromatic nitrogens is 3. The van der Waals surface area contributed by atoms with Crippen molar-refractivity contribution in [2.45, 2.75) is 4.90 Å². The van der Waals surface area contributed by atoms with Gasteiger partial charge in [0.2, 0.25) is 0 Å². The van der Waals surface area contributed by atoms with Gasteiger partial charge in [0.05, 0.1) is 17.3 Å². The van der Waals surface area contributed by atoms with E-state index in [2.05, 4.69) is 30.7 Å². The highest BCUT2D eigenvalue weighted by Gasteiger charge is 2.23. The van der Waals surface area contributed by atoms with Crippen molar-refractivity contribution < 1.29 is 17.5 Å². The Morgan fingerprint density at radius 2 is 2.08 bits per heavy atom. The number of hydrogen-bond acceptors (Lipinski definition) is 5. The molecule has 0 aliphatic carbocycles. The standard InChI is InChI=1S/C15H11BrClFN4O3S/c1-25-15-11(16)4-9(17)5-14(15)26(23,24)21-10-2-3-13(12(18)6-10)22-8-19-7-20-22/h2-8,21H,1H3. The second-order valence-corrected chi connectivity index (χ2v) is 7.97. The van der Waals surface area contributed by atoms with Gasteiger partial charge in [-0.3, -0.25) is 4.72 Å². The Kier molecular flexibility index (Phi) is 5.17. The van der Waals surface area contributed by atoms with Crippen molar-refractivity contribution in [2.24, 2.45) is 0 Å². The lowest BCUT2D eigenvalue weighted by molar-refractivity contribution is 0.400. The van der Waals surface area contributed by atoms with Gasteiger partial charge in [0.1, 0.15) is 23.2 Å². The SMILES string of the molecule is COc1c(Br)cc(Cl)cc1S(=O)(=O)Nc1ccc(-n2cncn2)c(F)c1. The molecular weight excluding hydrogens is 451 g/mol. The summed E-state index contributed by atoms with van der Waals surface area (Å²) in [5.74, 6) is -0.587. The first-order chi connectivity index (χ1) is 12.3. The van der Waals surface area contributed by atoms with Gasteiger partial charge in [-0.1, -0.05) is 11.6 Å². The highest BCUT2D eigenvalue weighted by Crippen LogP contribution is 2.36. The van der Waals surface area contributed by atoms with Crippen molar-refractivity contribution in [2.75, 3.05) is 11.8 Å². The summed E-state index contributed by atoms with van der Waals surface area (Å²) in [7, 11) is -2.74. The van der Waals surface area contributed by atoms with E-state index in [1.165, 1.54) is 48.7 Å². The molecule has 0 amide bonds. The Morgan fingerprint density at radius 1 is 1.31 bits per heavy atom. The van der Waals surface area contributed by atoms with Crippen LogP contribution in [0.3, 0.4) is 0 Å². The number of hydrogen-bond donors (Lipinski definition) is 1. The molecule has 0 aliphatic heterocycles. The van der Waals surface area contributed by atoms with Crippen molar-refractivity contribution in [3.63, 3.8) is 0 Å². The molecule has 2 aromatic carbocycles. The third-order valence-electron chi connectivity index (χ3n) is 3.33. The second kappa shape index (κ2) is 7.22. The Balaban J connectivity index is 1.97. The molecule has 0 radical (unpaired) electrons. The Morgan fingerprint density at radius 3 is 2.69 bits per heavy atom. The van der Waals surface area contributed by atoms with Gasteiger partial charge in [-0.2, -0.15) is 5.10 Å². The van der Waals surface area contributed by atoms with Crippen LogP contribution in [-0.2, 0) is 10.0 Å². The molecular formula is C15H11BrClFN4O3S. The van der Waals surface area contributed by atoms with Crippen molar-refractivity contribution in [3.05, 3.63) is 58.3 Å². The fourth-order valence-electron chi connectivity index (χ4n) is 2.23. The minimum Gasteiger partial charge on any atom is -0.494 e. The van der Waals surface area contributed by atoms with E-state index in [4.69, 9.17) is 16.3 Å². The van der Waals surface area contributed by atoms with Crippen LogP contribution in [0.1, 0.15) is 0 Å². The zero-order chi connectivity index (χ0) is 18.9. The molecule has 0 aliphatic rings. The third kappa shape index (κ3) is 3.67. The quantitative estimate of drug-likeness (QED) is 0.627. The largest absolute Gasteiger partial charge is 0.494 e. The molecule has 3 aromatic rings. The average molecular weight is 462 g/mol. The van der Waals surface area contributed by atoms with Gasteiger partial charge in [0.15, 0.2) is 11.6 Å². The lowest BCUT2D eigenvalue weighted by Gasteiger charge is -2.14. The molecule has 1 aromatic heterocycles. The summed E-state index contributed by atoms with van der Waals surface area (Å²) in [5.41, 5.74) is 0.165. The van der Waals surface area contributed by atoms with Crippen LogP contribution in [0.5, 0.6) is 5.75 Å². The molecule has 0 bridgehead atoms. The predicted molar refractivity (Wildman–Crippen MR) is 97.8 cm³/mol. The van der Waals surface area contributed by atoms with Crippen molar-refractivity contribution in [3.8, 4) is 11.4 Å². The van der Waals surface area contributed by atoms with E-state index >= 15 is 0 Å². The molecule has 3 rings (SSSR count). The van der Waals surface area contributed by atoms with Gasteiger partial charge in [-0.05, 0) is 40.2 Å². The first-order valence-corrected chi connectivity index (χ1v) is 9.67. The van der Waals surface area contributed by atoms with Crippen LogP contribution in [0, 0.1) is 5.82 Å². The van der Waals surface area contributed by atoms with Crippen LogP contribution in [-0.4, -0.2) is 30.3 Å². The summed E-state index contributed by atoms with van der Waals surface area (Å²) >= 11 is 9.14. The van der Waals surface area contributed by atoms with Gasteiger partial charge in [-0.25, -0.2) is 22.5 Å². The summed E-state index contributed by atoms with van der Waals surface area (Å²) in [6, 6.07) is 6.58. The number of methoxy groups -OCH3 is 1. The lowest BCUT2D eigenvalue weighted by Crippen LogP contribution is -2.15. The van der Waals surface area contributed by atoms with Crippen molar-refractivity contribution in [1.29, 1.82) is 0 Å². The smallest absolute Gasteiger partial charge is 0.265 e. The summed E-state index contributed by atoms with van der Waals surface area (Å²) in [5, 5.41) is 4.03. The number of anilines is 1. The van der Waals surface area contributed by atoms with Crippen LogP contribution in [0.25, 0.3) is 5.69 Å². The van der Waals surface area contributed by atoms with E-state index < -0.39 is 15.8 Å². The highest BCUT2D eigenvalue weighted by atomic mass is 79.9.